The Kier molecular flexibility index (Phi) is 12.8. The van der Waals surface area contributed by atoms with E-state index in [1.54, 1.807) is 12.1 Å². The number of benzene rings is 3. The van der Waals surface area contributed by atoms with Gasteiger partial charge in [-0.15, -0.1) is 0 Å². The zero-order chi connectivity index (χ0) is 27.2. The number of fused-ring (bicyclic) bond motifs is 1. The van der Waals surface area contributed by atoms with E-state index in [4.69, 9.17) is 0 Å². The summed E-state index contributed by atoms with van der Waals surface area (Å²) >= 11 is 0. The van der Waals surface area contributed by atoms with E-state index in [1.807, 2.05) is 6.92 Å². The molecule has 0 unspecified atom stereocenters. The van der Waals surface area contributed by atoms with Crippen molar-refractivity contribution in [1.29, 1.82) is 0 Å². The second-order valence-corrected chi connectivity index (χ2v) is 10.8. The van der Waals surface area contributed by atoms with Crippen molar-refractivity contribution in [2.45, 2.75) is 91.6 Å². The Bertz CT molecular complexity index is 1080. The first-order chi connectivity index (χ1) is 18.5. The van der Waals surface area contributed by atoms with Crippen molar-refractivity contribution in [2.24, 2.45) is 5.92 Å². The highest BCUT2D eigenvalue weighted by atomic mass is 19.1. The van der Waals surface area contributed by atoms with Gasteiger partial charge in [0.2, 0.25) is 0 Å². The summed E-state index contributed by atoms with van der Waals surface area (Å²) in [5, 5.41) is 0. The van der Waals surface area contributed by atoms with Crippen LogP contribution in [0.25, 0.3) is 5.57 Å². The van der Waals surface area contributed by atoms with Crippen LogP contribution in [0.15, 0.2) is 79.4 Å². The Labute approximate surface area is 231 Å². The molecule has 0 N–H and O–H groups in total. The minimum absolute atomic E-state index is 0.160. The normalized spacial score (nSPS) is 13.4. The Morgan fingerprint density at radius 3 is 2.21 bits per heavy atom. The van der Waals surface area contributed by atoms with Gasteiger partial charge in [-0.2, -0.15) is 0 Å². The zero-order valence-corrected chi connectivity index (χ0v) is 24.0. The average Bonchev–Trinajstić information content (AvgIpc) is 3.14. The summed E-state index contributed by atoms with van der Waals surface area (Å²) in [6, 6.07) is 24.6. The molecule has 2 heteroatoms. The first kappa shape index (κ1) is 29.8. The molecule has 1 aliphatic rings. The summed E-state index contributed by atoms with van der Waals surface area (Å²) in [6.07, 6.45) is 11.2. The van der Waals surface area contributed by atoms with Crippen LogP contribution < -0.4 is 0 Å². The molecule has 0 radical (unpaired) electrons. The molecule has 204 valence electrons. The van der Waals surface area contributed by atoms with Gasteiger partial charge in [-0.25, -0.2) is 4.39 Å². The van der Waals surface area contributed by atoms with Gasteiger partial charge >= 0.3 is 0 Å². The van der Waals surface area contributed by atoms with Crippen molar-refractivity contribution in [3.63, 3.8) is 0 Å². The van der Waals surface area contributed by atoms with Gasteiger partial charge in [-0.05, 0) is 96.2 Å². The van der Waals surface area contributed by atoms with Crippen LogP contribution in [0.1, 0.15) is 93.5 Å². The molecular formula is C36H48FN. The first-order valence-corrected chi connectivity index (χ1v) is 14.8. The third kappa shape index (κ3) is 9.87. The van der Waals surface area contributed by atoms with Gasteiger partial charge in [0.25, 0.3) is 0 Å². The number of aryl methyl sites for hydroxylation is 2. The van der Waals surface area contributed by atoms with Gasteiger partial charge in [-0.3, -0.25) is 4.90 Å². The first-order valence-electron chi connectivity index (χ1n) is 14.8. The minimum atomic E-state index is -0.160. The van der Waals surface area contributed by atoms with Crippen molar-refractivity contribution in [1.82, 2.24) is 4.90 Å². The van der Waals surface area contributed by atoms with Gasteiger partial charge < -0.3 is 0 Å². The lowest BCUT2D eigenvalue weighted by Crippen LogP contribution is -2.22. The monoisotopic (exact) mass is 513 g/mol. The molecule has 38 heavy (non-hydrogen) atoms. The van der Waals surface area contributed by atoms with E-state index in [1.165, 1.54) is 97.0 Å². The average molecular weight is 514 g/mol. The number of halogens is 1. The largest absolute Gasteiger partial charge is 0.295 e. The van der Waals surface area contributed by atoms with Crippen LogP contribution in [0.5, 0.6) is 0 Å². The van der Waals surface area contributed by atoms with Crippen molar-refractivity contribution < 1.29 is 4.39 Å². The molecule has 0 spiro atoms. The molecule has 0 fully saturated rings. The maximum absolute atomic E-state index is 12.2. The van der Waals surface area contributed by atoms with E-state index in [0.29, 0.717) is 0 Å². The van der Waals surface area contributed by atoms with Crippen LogP contribution in [0.2, 0.25) is 0 Å². The third-order valence-electron chi connectivity index (χ3n) is 7.75. The molecule has 0 aliphatic carbocycles. The van der Waals surface area contributed by atoms with Crippen LogP contribution in [-0.4, -0.2) is 11.4 Å². The minimum Gasteiger partial charge on any atom is -0.295 e. The van der Waals surface area contributed by atoms with E-state index < -0.39 is 0 Å². The molecule has 0 saturated carbocycles. The van der Waals surface area contributed by atoms with Crippen LogP contribution >= 0.6 is 0 Å². The van der Waals surface area contributed by atoms with E-state index in [0.717, 1.165) is 31.8 Å². The van der Waals surface area contributed by atoms with E-state index in [-0.39, 0.29) is 5.82 Å². The Hall–Kier alpha value is -2.71. The molecule has 0 saturated heterocycles. The predicted molar refractivity (Wildman–Crippen MR) is 163 cm³/mol. The Morgan fingerprint density at radius 1 is 0.842 bits per heavy atom. The molecular weight excluding hydrogens is 465 g/mol. The highest BCUT2D eigenvalue weighted by Gasteiger charge is 2.16. The molecule has 3 aromatic rings. The number of hydrogen-bond acceptors (Lipinski definition) is 1. The fourth-order valence-corrected chi connectivity index (χ4v) is 5.52. The van der Waals surface area contributed by atoms with Gasteiger partial charge in [-0.1, -0.05) is 108 Å². The third-order valence-corrected chi connectivity index (χ3v) is 7.75. The molecule has 0 bridgehead atoms. The Balaban J connectivity index is 0.000000375. The van der Waals surface area contributed by atoms with Crippen LogP contribution in [0.3, 0.4) is 0 Å². The molecule has 4 rings (SSSR count). The lowest BCUT2D eigenvalue weighted by atomic mass is 9.89. The Morgan fingerprint density at radius 2 is 1.55 bits per heavy atom. The maximum atomic E-state index is 12.2. The van der Waals surface area contributed by atoms with E-state index >= 15 is 0 Å². The second-order valence-electron chi connectivity index (χ2n) is 10.8. The fourth-order valence-electron chi connectivity index (χ4n) is 5.52. The smallest absolute Gasteiger partial charge is 0.123 e. The number of hydrogen-bond donors (Lipinski definition) is 0. The zero-order valence-electron chi connectivity index (χ0n) is 24.0. The highest BCUT2D eigenvalue weighted by molar-refractivity contribution is 5.64. The molecule has 1 heterocycles. The van der Waals surface area contributed by atoms with Gasteiger partial charge in [0.05, 0.1) is 0 Å². The quantitative estimate of drug-likeness (QED) is 0.246. The number of allylic oxidation sites excluding steroid dienone is 1. The molecule has 1 nitrogen and oxygen atoms in total. The maximum Gasteiger partial charge on any atom is 0.123 e. The second kappa shape index (κ2) is 16.3. The molecule has 0 amide bonds. The van der Waals surface area contributed by atoms with Crippen LogP contribution in [0.4, 0.5) is 4.39 Å². The molecule has 3 aromatic carbocycles. The van der Waals surface area contributed by atoms with Crippen LogP contribution in [0, 0.1) is 11.7 Å². The van der Waals surface area contributed by atoms with Crippen LogP contribution in [-0.2, 0) is 25.9 Å². The summed E-state index contributed by atoms with van der Waals surface area (Å²) in [6.45, 7) is 14.4. The molecule has 0 aromatic heterocycles. The van der Waals surface area contributed by atoms with Crippen molar-refractivity contribution in [2.75, 3.05) is 6.54 Å². The summed E-state index contributed by atoms with van der Waals surface area (Å²) in [5.41, 5.74) is 8.31. The predicted octanol–water partition coefficient (Wildman–Crippen LogP) is 10.0. The van der Waals surface area contributed by atoms with Crippen molar-refractivity contribution in [3.8, 4) is 0 Å². The van der Waals surface area contributed by atoms with Crippen molar-refractivity contribution in [3.05, 3.63) is 113 Å². The summed E-state index contributed by atoms with van der Waals surface area (Å²) in [7, 11) is 0. The van der Waals surface area contributed by atoms with Gasteiger partial charge in [0.1, 0.15) is 5.82 Å². The summed E-state index contributed by atoms with van der Waals surface area (Å²) in [4.78, 5) is 2.60. The fraction of sp³-hybridized carbons (Fsp3) is 0.444. The lowest BCUT2D eigenvalue weighted by molar-refractivity contribution is 0.261. The summed E-state index contributed by atoms with van der Waals surface area (Å²) < 4.78 is 12.2. The van der Waals surface area contributed by atoms with Gasteiger partial charge in [0, 0.05) is 13.1 Å². The van der Waals surface area contributed by atoms with E-state index in [9.17, 15) is 4.39 Å². The van der Waals surface area contributed by atoms with Crippen molar-refractivity contribution >= 4 is 5.57 Å². The molecule has 0 atom stereocenters. The van der Waals surface area contributed by atoms with E-state index in [2.05, 4.69) is 73.9 Å². The SMILES string of the molecule is C=C(CCC(CCC)CCC)c1ccc2c(c1)CN(Cc1ccccc1)CCC2.CCc1ccc(F)cc1. The number of nitrogens with zero attached hydrogens (tertiary/aromatic N) is 1. The van der Waals surface area contributed by atoms with Gasteiger partial charge in [0.15, 0.2) is 0 Å². The number of rotatable bonds is 11. The highest BCUT2D eigenvalue weighted by Crippen LogP contribution is 2.28. The lowest BCUT2D eigenvalue weighted by Gasteiger charge is -2.21. The molecule has 1 aliphatic heterocycles. The standard InChI is InChI=1S/C28H39N.C8H9F/c1-4-10-24(11-5-2)16-15-23(3)27-18-17-26-14-9-19-29(22-28(26)20-27)21-25-12-7-6-8-13-25;1-2-7-3-5-8(9)6-4-7/h6-8,12-13,17-18,20,24H,3-5,9-11,14-16,19,21-22H2,1-2H3;3-6H,2H2,1H3. The summed E-state index contributed by atoms with van der Waals surface area (Å²) in [5.74, 6) is 0.705. The topological polar surface area (TPSA) is 3.24 Å².